The first kappa shape index (κ1) is 24.1. The highest BCUT2D eigenvalue weighted by Gasteiger charge is 2.30. The molecule has 190 valence electrons. The second-order valence-electron chi connectivity index (χ2n) is 9.16. The number of morpholine rings is 1. The standard InChI is InChI=1S/C26H34N8O2/c1-4-27-25(35)29-20-8-6-19(7-9-20)23-30-22-16-33(26-28-11-13-32(26)5-2)12-10-21(22)24(31-23)34-14-15-36-17-18(34)3/h6-9,11,13,18H,4-5,10,12,14-17H2,1-3H3,(H2,27,29,35)/t18-/m0/s1. The molecule has 1 saturated heterocycles. The SMILES string of the molecule is CCNC(=O)Nc1ccc(-c2nc3c(c(N4CCOC[C@@H]4C)n2)CCN(c2nccn2CC)C3)cc1. The van der Waals surface area contributed by atoms with Crippen LogP contribution in [0.1, 0.15) is 32.0 Å². The lowest BCUT2D eigenvalue weighted by molar-refractivity contribution is 0.0984. The molecule has 4 heterocycles. The highest BCUT2D eigenvalue weighted by atomic mass is 16.5. The number of hydrogen-bond donors (Lipinski definition) is 2. The van der Waals surface area contributed by atoms with Crippen molar-refractivity contribution >= 4 is 23.5 Å². The number of ether oxygens (including phenoxy) is 1. The van der Waals surface area contributed by atoms with Gasteiger partial charge in [-0.1, -0.05) is 0 Å². The molecule has 2 aliphatic rings. The predicted molar refractivity (Wildman–Crippen MR) is 140 cm³/mol. The number of carbonyl (C=O) groups excluding carboxylic acids is 1. The predicted octanol–water partition coefficient (Wildman–Crippen LogP) is 3.29. The van der Waals surface area contributed by atoms with Crippen LogP contribution in [0.2, 0.25) is 0 Å². The first-order valence-electron chi connectivity index (χ1n) is 12.7. The van der Waals surface area contributed by atoms with Gasteiger partial charge >= 0.3 is 6.03 Å². The van der Waals surface area contributed by atoms with Crippen LogP contribution in [-0.2, 0) is 24.2 Å². The van der Waals surface area contributed by atoms with Crippen molar-refractivity contribution in [2.45, 2.75) is 46.3 Å². The molecule has 0 aliphatic carbocycles. The van der Waals surface area contributed by atoms with Gasteiger partial charge in [-0.2, -0.15) is 0 Å². The van der Waals surface area contributed by atoms with Crippen molar-refractivity contribution in [2.24, 2.45) is 0 Å². The van der Waals surface area contributed by atoms with E-state index in [-0.39, 0.29) is 12.1 Å². The highest BCUT2D eigenvalue weighted by Crippen LogP contribution is 2.33. The summed E-state index contributed by atoms with van der Waals surface area (Å²) in [4.78, 5) is 31.3. The Balaban J connectivity index is 1.50. The molecule has 2 amide bonds. The van der Waals surface area contributed by atoms with Gasteiger partial charge in [0.05, 0.1) is 31.5 Å². The first-order valence-corrected chi connectivity index (χ1v) is 12.7. The van der Waals surface area contributed by atoms with Gasteiger partial charge in [0.25, 0.3) is 0 Å². The maximum atomic E-state index is 11.9. The molecule has 5 rings (SSSR count). The molecule has 0 spiro atoms. The van der Waals surface area contributed by atoms with Gasteiger partial charge in [-0.3, -0.25) is 0 Å². The maximum Gasteiger partial charge on any atom is 0.319 e. The van der Waals surface area contributed by atoms with Crippen LogP contribution < -0.4 is 20.4 Å². The quantitative estimate of drug-likeness (QED) is 0.547. The Morgan fingerprint density at radius 2 is 2.00 bits per heavy atom. The molecule has 2 aliphatic heterocycles. The number of hydrogen-bond acceptors (Lipinski definition) is 7. The van der Waals surface area contributed by atoms with Crippen LogP contribution in [0.3, 0.4) is 0 Å². The van der Waals surface area contributed by atoms with E-state index in [0.29, 0.717) is 32.1 Å². The van der Waals surface area contributed by atoms with Crippen molar-refractivity contribution in [3.63, 3.8) is 0 Å². The molecule has 36 heavy (non-hydrogen) atoms. The van der Waals surface area contributed by atoms with Gasteiger partial charge in [-0.15, -0.1) is 0 Å². The summed E-state index contributed by atoms with van der Waals surface area (Å²) in [6.45, 7) is 11.4. The average molecular weight is 491 g/mol. The maximum absolute atomic E-state index is 11.9. The summed E-state index contributed by atoms with van der Waals surface area (Å²) < 4.78 is 7.87. The number of amides is 2. The van der Waals surface area contributed by atoms with Crippen LogP contribution in [0.15, 0.2) is 36.7 Å². The molecule has 0 radical (unpaired) electrons. The Morgan fingerprint density at radius 1 is 1.17 bits per heavy atom. The number of rotatable bonds is 6. The van der Waals surface area contributed by atoms with Crippen molar-refractivity contribution in [2.75, 3.05) is 48.0 Å². The lowest BCUT2D eigenvalue weighted by Gasteiger charge is -2.38. The Bertz CT molecular complexity index is 1210. The number of aromatic nitrogens is 4. The molecule has 1 aromatic carbocycles. The van der Waals surface area contributed by atoms with Crippen molar-refractivity contribution in [1.82, 2.24) is 24.8 Å². The summed E-state index contributed by atoms with van der Waals surface area (Å²) in [5.41, 5.74) is 3.89. The number of imidazole rings is 1. The number of nitrogens with one attached hydrogen (secondary N) is 2. The summed E-state index contributed by atoms with van der Waals surface area (Å²) in [5.74, 6) is 2.67. The molecule has 0 bridgehead atoms. The zero-order valence-electron chi connectivity index (χ0n) is 21.2. The van der Waals surface area contributed by atoms with E-state index >= 15 is 0 Å². The number of fused-ring (bicyclic) bond motifs is 1. The molecule has 1 fully saturated rings. The van der Waals surface area contributed by atoms with Gasteiger partial charge in [0.1, 0.15) is 5.82 Å². The number of aryl methyl sites for hydroxylation is 1. The Labute approximate surface area is 211 Å². The molecule has 3 aromatic rings. The van der Waals surface area contributed by atoms with Crippen molar-refractivity contribution in [1.29, 1.82) is 0 Å². The molecule has 0 unspecified atom stereocenters. The Morgan fingerprint density at radius 3 is 2.75 bits per heavy atom. The van der Waals surface area contributed by atoms with Crippen LogP contribution >= 0.6 is 0 Å². The normalized spacial score (nSPS) is 17.6. The highest BCUT2D eigenvalue weighted by molar-refractivity contribution is 5.89. The zero-order valence-corrected chi connectivity index (χ0v) is 21.2. The fraction of sp³-hybridized carbons (Fsp3) is 0.462. The number of nitrogens with zero attached hydrogens (tertiary/aromatic N) is 6. The third-order valence-corrected chi connectivity index (χ3v) is 6.74. The summed E-state index contributed by atoms with van der Waals surface area (Å²) in [7, 11) is 0. The Hall–Kier alpha value is -3.66. The van der Waals surface area contributed by atoms with Crippen molar-refractivity contribution < 1.29 is 9.53 Å². The summed E-state index contributed by atoms with van der Waals surface area (Å²) in [6.07, 6.45) is 4.74. The van der Waals surface area contributed by atoms with E-state index in [1.165, 1.54) is 5.56 Å². The third kappa shape index (κ3) is 4.86. The van der Waals surface area contributed by atoms with E-state index in [1.807, 2.05) is 43.6 Å². The molecule has 10 heteroatoms. The van der Waals surface area contributed by atoms with Gasteiger partial charge in [0.2, 0.25) is 5.95 Å². The number of urea groups is 1. The van der Waals surface area contributed by atoms with Crippen molar-refractivity contribution in [3.05, 3.63) is 47.9 Å². The largest absolute Gasteiger partial charge is 0.377 e. The van der Waals surface area contributed by atoms with Gasteiger partial charge < -0.3 is 29.7 Å². The van der Waals surface area contributed by atoms with Gasteiger partial charge in [0.15, 0.2) is 5.82 Å². The van der Waals surface area contributed by atoms with Crippen LogP contribution in [0.5, 0.6) is 0 Å². The second-order valence-corrected chi connectivity index (χ2v) is 9.16. The van der Waals surface area contributed by atoms with Crippen molar-refractivity contribution in [3.8, 4) is 11.4 Å². The minimum Gasteiger partial charge on any atom is -0.377 e. The van der Waals surface area contributed by atoms with Gasteiger partial charge in [0, 0.05) is 55.4 Å². The zero-order chi connectivity index (χ0) is 25.1. The van der Waals surface area contributed by atoms with Crippen LogP contribution in [0.4, 0.5) is 22.2 Å². The van der Waals surface area contributed by atoms with Crippen LogP contribution in [0, 0.1) is 0 Å². The molecule has 2 aromatic heterocycles. The topological polar surface area (TPSA) is 100 Å². The van der Waals surface area contributed by atoms with Gasteiger partial charge in [-0.25, -0.2) is 19.7 Å². The average Bonchev–Trinajstić information content (AvgIpc) is 3.38. The lowest BCUT2D eigenvalue weighted by atomic mass is 10.0. The number of benzene rings is 1. The minimum absolute atomic E-state index is 0.218. The lowest BCUT2D eigenvalue weighted by Crippen LogP contribution is -2.45. The van der Waals surface area contributed by atoms with E-state index in [9.17, 15) is 4.79 Å². The monoisotopic (exact) mass is 490 g/mol. The van der Waals surface area contributed by atoms with E-state index in [2.05, 4.69) is 43.8 Å². The Kier molecular flexibility index (Phi) is 7.04. The minimum atomic E-state index is -0.218. The third-order valence-electron chi connectivity index (χ3n) is 6.74. The number of carbonyl (C=O) groups is 1. The van der Waals surface area contributed by atoms with Crippen LogP contribution in [-0.4, -0.2) is 64.4 Å². The summed E-state index contributed by atoms with van der Waals surface area (Å²) in [6, 6.07) is 7.71. The van der Waals surface area contributed by atoms with E-state index in [4.69, 9.17) is 14.7 Å². The van der Waals surface area contributed by atoms with E-state index in [0.717, 1.165) is 54.8 Å². The molecular weight excluding hydrogens is 456 g/mol. The summed E-state index contributed by atoms with van der Waals surface area (Å²) in [5, 5.41) is 5.59. The fourth-order valence-electron chi connectivity index (χ4n) is 4.86. The molecule has 1 atom stereocenters. The van der Waals surface area contributed by atoms with E-state index < -0.39 is 0 Å². The number of anilines is 3. The molecule has 10 nitrogen and oxygen atoms in total. The molecule has 2 N–H and O–H groups in total. The van der Waals surface area contributed by atoms with E-state index in [1.54, 1.807) is 0 Å². The molecule has 0 saturated carbocycles. The molecular formula is C26H34N8O2. The van der Waals surface area contributed by atoms with Crippen LogP contribution in [0.25, 0.3) is 11.4 Å². The van der Waals surface area contributed by atoms with Gasteiger partial charge in [-0.05, 0) is 51.5 Å². The fourth-order valence-corrected chi connectivity index (χ4v) is 4.86. The summed E-state index contributed by atoms with van der Waals surface area (Å²) >= 11 is 0. The smallest absolute Gasteiger partial charge is 0.319 e. The first-order chi connectivity index (χ1) is 17.6. The second kappa shape index (κ2) is 10.5.